The SMILES string of the molecule is CCc1cccc(C)c1NCc1nnc(Cc2ccccc2)s1. The molecule has 0 unspecified atom stereocenters. The van der Waals surface area contributed by atoms with Gasteiger partial charge in [0.05, 0.1) is 6.54 Å². The van der Waals surface area contributed by atoms with Crippen molar-refractivity contribution in [3.63, 3.8) is 0 Å². The summed E-state index contributed by atoms with van der Waals surface area (Å²) in [5, 5.41) is 14.3. The van der Waals surface area contributed by atoms with Crippen LogP contribution in [-0.2, 0) is 19.4 Å². The molecule has 1 N–H and O–H groups in total. The van der Waals surface area contributed by atoms with Crippen LogP contribution in [0, 0.1) is 6.92 Å². The third-order valence-corrected chi connectivity index (χ3v) is 4.79. The molecule has 2 aromatic carbocycles. The molecule has 0 amide bonds. The third-order valence-electron chi connectivity index (χ3n) is 3.86. The largest absolute Gasteiger partial charge is 0.378 e. The standard InChI is InChI=1S/C19H21N3S/c1-3-16-11-7-8-14(2)19(16)20-13-18-22-21-17(23-18)12-15-9-5-4-6-10-15/h4-11,20H,3,12-13H2,1-2H3. The van der Waals surface area contributed by atoms with Gasteiger partial charge in [0.2, 0.25) is 0 Å². The molecule has 0 aliphatic heterocycles. The zero-order valence-electron chi connectivity index (χ0n) is 13.5. The topological polar surface area (TPSA) is 37.8 Å². The third kappa shape index (κ3) is 3.96. The Morgan fingerprint density at radius 3 is 2.52 bits per heavy atom. The first-order valence-corrected chi connectivity index (χ1v) is 8.75. The fourth-order valence-corrected chi connectivity index (χ4v) is 3.46. The molecule has 0 spiro atoms. The van der Waals surface area contributed by atoms with Crippen molar-refractivity contribution in [3.05, 3.63) is 75.2 Å². The van der Waals surface area contributed by atoms with E-state index >= 15 is 0 Å². The Hall–Kier alpha value is -2.20. The van der Waals surface area contributed by atoms with Crippen LogP contribution in [0.5, 0.6) is 0 Å². The number of rotatable bonds is 6. The smallest absolute Gasteiger partial charge is 0.136 e. The van der Waals surface area contributed by atoms with E-state index in [0.717, 1.165) is 29.4 Å². The molecule has 3 nitrogen and oxygen atoms in total. The van der Waals surface area contributed by atoms with Gasteiger partial charge in [0.1, 0.15) is 10.0 Å². The van der Waals surface area contributed by atoms with Crippen molar-refractivity contribution in [1.29, 1.82) is 0 Å². The zero-order valence-corrected chi connectivity index (χ0v) is 14.4. The molecule has 0 aliphatic carbocycles. The molecular formula is C19H21N3S. The number of hydrogen-bond donors (Lipinski definition) is 1. The van der Waals surface area contributed by atoms with Gasteiger partial charge in [-0.3, -0.25) is 0 Å². The summed E-state index contributed by atoms with van der Waals surface area (Å²) in [6.45, 7) is 5.05. The van der Waals surface area contributed by atoms with Gasteiger partial charge in [-0.25, -0.2) is 0 Å². The van der Waals surface area contributed by atoms with Crippen LogP contribution in [0.15, 0.2) is 48.5 Å². The summed E-state index contributed by atoms with van der Waals surface area (Å²) in [5.74, 6) is 0. The lowest BCUT2D eigenvalue weighted by Gasteiger charge is -2.12. The second-order valence-corrected chi connectivity index (χ2v) is 6.71. The Morgan fingerprint density at radius 2 is 1.74 bits per heavy atom. The molecule has 0 bridgehead atoms. The van der Waals surface area contributed by atoms with E-state index in [1.165, 1.54) is 22.4 Å². The van der Waals surface area contributed by atoms with Crippen molar-refractivity contribution in [1.82, 2.24) is 10.2 Å². The fraction of sp³-hybridized carbons (Fsp3) is 0.263. The normalized spacial score (nSPS) is 10.7. The van der Waals surface area contributed by atoms with Crippen LogP contribution in [0.1, 0.15) is 33.6 Å². The lowest BCUT2D eigenvalue weighted by Crippen LogP contribution is -2.03. The lowest BCUT2D eigenvalue weighted by atomic mass is 10.1. The van der Waals surface area contributed by atoms with Gasteiger partial charge >= 0.3 is 0 Å². The van der Waals surface area contributed by atoms with E-state index < -0.39 is 0 Å². The van der Waals surface area contributed by atoms with Crippen molar-refractivity contribution < 1.29 is 0 Å². The van der Waals surface area contributed by atoms with Crippen molar-refractivity contribution in [3.8, 4) is 0 Å². The summed E-state index contributed by atoms with van der Waals surface area (Å²) in [6.07, 6.45) is 1.88. The maximum absolute atomic E-state index is 4.32. The van der Waals surface area contributed by atoms with Crippen molar-refractivity contribution in [2.24, 2.45) is 0 Å². The Bertz CT molecular complexity index is 765. The number of aryl methyl sites for hydroxylation is 2. The Balaban J connectivity index is 1.66. The van der Waals surface area contributed by atoms with Crippen LogP contribution in [-0.4, -0.2) is 10.2 Å². The molecule has 4 heteroatoms. The van der Waals surface area contributed by atoms with Crippen LogP contribution in [0.2, 0.25) is 0 Å². The summed E-state index contributed by atoms with van der Waals surface area (Å²) in [7, 11) is 0. The molecule has 0 saturated heterocycles. The van der Waals surface area contributed by atoms with Gasteiger partial charge in [0.25, 0.3) is 0 Å². The van der Waals surface area contributed by atoms with Crippen LogP contribution in [0.4, 0.5) is 5.69 Å². The Morgan fingerprint density at radius 1 is 0.957 bits per heavy atom. The first kappa shape index (κ1) is 15.7. The van der Waals surface area contributed by atoms with E-state index in [1.807, 2.05) is 6.07 Å². The molecule has 0 saturated carbocycles. The van der Waals surface area contributed by atoms with E-state index in [1.54, 1.807) is 11.3 Å². The molecule has 1 heterocycles. The minimum Gasteiger partial charge on any atom is -0.378 e. The summed E-state index contributed by atoms with van der Waals surface area (Å²) in [6, 6.07) is 16.8. The molecule has 23 heavy (non-hydrogen) atoms. The van der Waals surface area contributed by atoms with Gasteiger partial charge in [0, 0.05) is 12.1 Å². The summed E-state index contributed by atoms with van der Waals surface area (Å²) in [5.41, 5.74) is 5.13. The highest BCUT2D eigenvalue weighted by Gasteiger charge is 2.08. The van der Waals surface area contributed by atoms with Gasteiger partial charge in [0.15, 0.2) is 0 Å². The number of para-hydroxylation sites is 1. The van der Waals surface area contributed by atoms with E-state index in [9.17, 15) is 0 Å². The van der Waals surface area contributed by atoms with Crippen LogP contribution in [0.25, 0.3) is 0 Å². The highest BCUT2D eigenvalue weighted by Crippen LogP contribution is 2.22. The first-order valence-electron chi connectivity index (χ1n) is 7.94. The highest BCUT2D eigenvalue weighted by molar-refractivity contribution is 7.11. The monoisotopic (exact) mass is 323 g/mol. The molecule has 118 valence electrons. The Kier molecular flexibility index (Phi) is 5.03. The van der Waals surface area contributed by atoms with Crippen LogP contribution < -0.4 is 5.32 Å². The van der Waals surface area contributed by atoms with Crippen molar-refractivity contribution >= 4 is 17.0 Å². The van der Waals surface area contributed by atoms with E-state index in [4.69, 9.17) is 0 Å². The molecule has 1 aromatic heterocycles. The summed E-state index contributed by atoms with van der Waals surface area (Å²) in [4.78, 5) is 0. The molecule has 3 aromatic rings. The second kappa shape index (κ2) is 7.38. The van der Waals surface area contributed by atoms with E-state index in [-0.39, 0.29) is 0 Å². The summed E-state index contributed by atoms with van der Waals surface area (Å²) >= 11 is 1.68. The minimum atomic E-state index is 0.726. The van der Waals surface area contributed by atoms with E-state index in [2.05, 4.69) is 71.8 Å². The highest BCUT2D eigenvalue weighted by atomic mass is 32.1. The average molecular weight is 323 g/mol. The molecule has 0 aliphatic rings. The second-order valence-electron chi connectivity index (χ2n) is 5.57. The van der Waals surface area contributed by atoms with Gasteiger partial charge in [-0.1, -0.05) is 66.8 Å². The van der Waals surface area contributed by atoms with Gasteiger partial charge < -0.3 is 5.32 Å². The molecule has 0 atom stereocenters. The van der Waals surface area contributed by atoms with Gasteiger partial charge in [-0.05, 0) is 30.0 Å². The first-order chi connectivity index (χ1) is 11.3. The number of hydrogen-bond acceptors (Lipinski definition) is 4. The predicted molar refractivity (Wildman–Crippen MR) is 97.0 cm³/mol. The molecule has 0 radical (unpaired) electrons. The number of anilines is 1. The predicted octanol–water partition coefficient (Wildman–Crippen LogP) is 4.61. The van der Waals surface area contributed by atoms with Gasteiger partial charge in [-0.15, -0.1) is 10.2 Å². The van der Waals surface area contributed by atoms with Crippen LogP contribution >= 0.6 is 11.3 Å². The number of benzene rings is 2. The van der Waals surface area contributed by atoms with Crippen molar-refractivity contribution in [2.45, 2.75) is 33.2 Å². The van der Waals surface area contributed by atoms with E-state index in [0.29, 0.717) is 0 Å². The number of nitrogens with one attached hydrogen (secondary N) is 1. The zero-order chi connectivity index (χ0) is 16.1. The molecule has 3 rings (SSSR count). The number of aromatic nitrogens is 2. The fourth-order valence-electron chi connectivity index (χ4n) is 2.64. The maximum Gasteiger partial charge on any atom is 0.136 e. The molecular weight excluding hydrogens is 302 g/mol. The maximum atomic E-state index is 4.32. The summed E-state index contributed by atoms with van der Waals surface area (Å²) < 4.78 is 0. The van der Waals surface area contributed by atoms with Crippen LogP contribution in [0.3, 0.4) is 0 Å². The lowest BCUT2D eigenvalue weighted by molar-refractivity contribution is 0.947. The Labute approximate surface area is 141 Å². The quantitative estimate of drug-likeness (QED) is 0.720. The molecule has 0 fully saturated rings. The minimum absolute atomic E-state index is 0.726. The average Bonchev–Trinajstić information content (AvgIpc) is 3.02. The number of nitrogens with zero attached hydrogens (tertiary/aromatic N) is 2. The van der Waals surface area contributed by atoms with Gasteiger partial charge in [-0.2, -0.15) is 0 Å². The van der Waals surface area contributed by atoms with Crippen molar-refractivity contribution in [2.75, 3.05) is 5.32 Å².